The lowest BCUT2D eigenvalue weighted by Gasteiger charge is -2.34. The molecule has 6 nitrogen and oxygen atoms in total. The van der Waals surface area contributed by atoms with Crippen molar-refractivity contribution in [1.29, 1.82) is 0 Å². The van der Waals surface area contributed by atoms with Crippen LogP contribution in [0.15, 0.2) is 40.8 Å². The van der Waals surface area contributed by atoms with E-state index in [0.29, 0.717) is 12.3 Å². The predicted octanol–water partition coefficient (Wildman–Crippen LogP) is 2.82. The fourth-order valence-corrected chi connectivity index (χ4v) is 2.92. The van der Waals surface area contributed by atoms with E-state index in [2.05, 4.69) is 6.92 Å². The number of nitrogens with zero attached hydrogens (tertiary/aromatic N) is 1. The number of morpholine rings is 1. The van der Waals surface area contributed by atoms with Crippen LogP contribution in [-0.4, -0.2) is 47.2 Å². The number of carbonyl (C=O) groups is 2. The Kier molecular flexibility index (Phi) is 4.90. The molecule has 2 aromatic rings. The first-order valence-electron chi connectivity index (χ1n) is 8.34. The normalized spacial score (nSPS) is 20.5. The molecule has 6 heteroatoms. The van der Waals surface area contributed by atoms with Crippen LogP contribution in [0, 0.1) is 0 Å². The molecular weight excluding hydrogens is 322 g/mol. The van der Waals surface area contributed by atoms with E-state index >= 15 is 0 Å². The van der Waals surface area contributed by atoms with Crippen LogP contribution in [0.1, 0.15) is 30.0 Å². The summed E-state index contributed by atoms with van der Waals surface area (Å²) in [6, 6.07) is 11.4. The van der Waals surface area contributed by atoms with E-state index < -0.39 is 12.1 Å². The summed E-state index contributed by atoms with van der Waals surface area (Å²) in [5, 5.41) is 9.14. The molecule has 1 unspecified atom stereocenters. The second kappa shape index (κ2) is 7.11. The minimum atomic E-state index is -1.07. The molecule has 0 saturated carbocycles. The first-order valence-corrected chi connectivity index (χ1v) is 8.34. The molecule has 1 N–H and O–H groups in total. The number of carboxylic acid groups (broad SMARTS) is 1. The van der Waals surface area contributed by atoms with E-state index in [9.17, 15) is 9.59 Å². The van der Waals surface area contributed by atoms with E-state index in [1.54, 1.807) is 19.1 Å². The second-order valence-corrected chi connectivity index (χ2v) is 6.20. The van der Waals surface area contributed by atoms with Gasteiger partial charge in [0, 0.05) is 12.1 Å². The van der Waals surface area contributed by atoms with Crippen LogP contribution in [-0.2, 0) is 16.0 Å². The molecule has 1 aromatic heterocycles. The largest absolute Gasteiger partial charge is 0.479 e. The topological polar surface area (TPSA) is 80.0 Å². The third kappa shape index (κ3) is 3.74. The number of carbonyl (C=O) groups excluding carboxylic acids is 1. The fourth-order valence-electron chi connectivity index (χ4n) is 2.92. The van der Waals surface area contributed by atoms with Crippen LogP contribution < -0.4 is 0 Å². The Bertz CT molecular complexity index is 764. The van der Waals surface area contributed by atoms with Crippen LogP contribution >= 0.6 is 0 Å². The Morgan fingerprint density at radius 3 is 2.52 bits per heavy atom. The van der Waals surface area contributed by atoms with Gasteiger partial charge in [0.1, 0.15) is 5.76 Å². The molecule has 132 valence electrons. The van der Waals surface area contributed by atoms with Gasteiger partial charge in [-0.2, -0.15) is 0 Å². The highest BCUT2D eigenvalue weighted by molar-refractivity contribution is 5.92. The van der Waals surface area contributed by atoms with Gasteiger partial charge in [-0.25, -0.2) is 4.79 Å². The van der Waals surface area contributed by atoms with Gasteiger partial charge in [0.25, 0.3) is 5.91 Å². The molecule has 0 spiro atoms. The zero-order valence-electron chi connectivity index (χ0n) is 14.3. The SMILES string of the molecule is CCc1ccc(-c2ccc(C(=O)N3CC(C(=O)O)O[C@H](C)C3)o2)cc1. The summed E-state index contributed by atoms with van der Waals surface area (Å²) >= 11 is 0. The van der Waals surface area contributed by atoms with E-state index in [0.717, 1.165) is 12.0 Å². The second-order valence-electron chi connectivity index (χ2n) is 6.20. The maximum absolute atomic E-state index is 12.6. The van der Waals surface area contributed by atoms with Gasteiger partial charge in [-0.05, 0) is 31.0 Å². The Morgan fingerprint density at radius 2 is 1.88 bits per heavy atom. The zero-order valence-corrected chi connectivity index (χ0v) is 14.3. The third-order valence-corrected chi connectivity index (χ3v) is 4.29. The summed E-state index contributed by atoms with van der Waals surface area (Å²) in [4.78, 5) is 25.3. The highest BCUT2D eigenvalue weighted by Crippen LogP contribution is 2.24. The Morgan fingerprint density at radius 1 is 1.16 bits per heavy atom. The van der Waals surface area contributed by atoms with Gasteiger partial charge in [0.05, 0.1) is 12.6 Å². The Labute approximate surface area is 146 Å². The minimum Gasteiger partial charge on any atom is -0.479 e. The van der Waals surface area contributed by atoms with Gasteiger partial charge in [0.2, 0.25) is 0 Å². The zero-order chi connectivity index (χ0) is 18.0. The molecule has 0 radical (unpaired) electrons. The van der Waals surface area contributed by atoms with Crippen molar-refractivity contribution < 1.29 is 23.8 Å². The van der Waals surface area contributed by atoms with Crippen LogP contribution in [0.2, 0.25) is 0 Å². The highest BCUT2D eigenvalue weighted by Gasteiger charge is 2.34. The Balaban J connectivity index is 1.76. The van der Waals surface area contributed by atoms with E-state index in [-0.39, 0.29) is 24.3 Å². The molecule has 25 heavy (non-hydrogen) atoms. The number of hydrogen-bond acceptors (Lipinski definition) is 4. The summed E-state index contributed by atoms with van der Waals surface area (Å²) in [6.45, 7) is 4.19. The van der Waals surface area contributed by atoms with Gasteiger partial charge >= 0.3 is 5.97 Å². The molecule has 3 rings (SSSR count). The van der Waals surface area contributed by atoms with E-state index in [1.807, 2.05) is 24.3 Å². The molecule has 1 aliphatic rings. The molecule has 1 saturated heterocycles. The van der Waals surface area contributed by atoms with Crippen molar-refractivity contribution in [3.63, 3.8) is 0 Å². The first-order chi connectivity index (χ1) is 12.0. The molecule has 1 fully saturated rings. The summed E-state index contributed by atoms with van der Waals surface area (Å²) in [5.74, 6) is -0.576. The number of amides is 1. The third-order valence-electron chi connectivity index (χ3n) is 4.29. The van der Waals surface area contributed by atoms with Crippen molar-refractivity contribution in [3.8, 4) is 11.3 Å². The summed E-state index contributed by atoms with van der Waals surface area (Å²) < 4.78 is 11.0. The number of hydrogen-bond donors (Lipinski definition) is 1. The lowest BCUT2D eigenvalue weighted by molar-refractivity contribution is -0.160. The average Bonchev–Trinajstić information content (AvgIpc) is 3.10. The summed E-state index contributed by atoms with van der Waals surface area (Å²) in [6.07, 6.45) is -0.388. The predicted molar refractivity (Wildman–Crippen MR) is 91.4 cm³/mol. The van der Waals surface area contributed by atoms with Crippen LogP contribution in [0.5, 0.6) is 0 Å². The smallest absolute Gasteiger partial charge is 0.334 e. The minimum absolute atomic E-state index is 0.0136. The lowest BCUT2D eigenvalue weighted by atomic mass is 10.1. The first kappa shape index (κ1) is 17.2. The Hall–Kier alpha value is -2.60. The fraction of sp³-hybridized carbons (Fsp3) is 0.368. The van der Waals surface area contributed by atoms with Crippen LogP contribution in [0.4, 0.5) is 0 Å². The number of aliphatic carboxylic acids is 1. The van der Waals surface area contributed by atoms with E-state index in [1.165, 1.54) is 10.5 Å². The number of rotatable bonds is 4. The van der Waals surface area contributed by atoms with Gasteiger partial charge in [-0.3, -0.25) is 4.79 Å². The number of aryl methyl sites for hydroxylation is 1. The summed E-state index contributed by atoms with van der Waals surface area (Å²) in [5.41, 5.74) is 2.13. The molecular formula is C19H21NO5. The van der Waals surface area contributed by atoms with Crippen molar-refractivity contribution in [2.45, 2.75) is 32.5 Å². The molecule has 0 bridgehead atoms. The number of ether oxygens (including phenoxy) is 1. The van der Waals surface area contributed by atoms with Crippen molar-refractivity contribution in [3.05, 3.63) is 47.7 Å². The van der Waals surface area contributed by atoms with Crippen molar-refractivity contribution >= 4 is 11.9 Å². The molecule has 2 heterocycles. The number of furan rings is 1. The lowest BCUT2D eigenvalue weighted by Crippen LogP contribution is -2.51. The van der Waals surface area contributed by atoms with Gasteiger partial charge < -0.3 is 19.2 Å². The maximum atomic E-state index is 12.6. The van der Waals surface area contributed by atoms with Gasteiger partial charge in [-0.15, -0.1) is 0 Å². The molecule has 1 aliphatic heterocycles. The van der Waals surface area contributed by atoms with Crippen LogP contribution in [0.3, 0.4) is 0 Å². The average molecular weight is 343 g/mol. The number of carboxylic acids is 1. The quantitative estimate of drug-likeness (QED) is 0.923. The molecule has 1 aromatic carbocycles. The van der Waals surface area contributed by atoms with Crippen molar-refractivity contribution in [2.24, 2.45) is 0 Å². The monoisotopic (exact) mass is 343 g/mol. The highest BCUT2D eigenvalue weighted by atomic mass is 16.5. The standard InChI is InChI=1S/C19H21NO5/c1-3-13-4-6-14(7-5-13)15-8-9-16(25-15)18(21)20-10-12(2)24-17(11-20)19(22)23/h4-9,12,17H,3,10-11H2,1-2H3,(H,22,23)/t12-,17?/m1/s1. The maximum Gasteiger partial charge on any atom is 0.334 e. The molecule has 2 atom stereocenters. The molecule has 0 aliphatic carbocycles. The summed E-state index contributed by atoms with van der Waals surface area (Å²) in [7, 11) is 0. The molecule has 1 amide bonds. The number of benzene rings is 1. The van der Waals surface area contributed by atoms with E-state index in [4.69, 9.17) is 14.3 Å². The van der Waals surface area contributed by atoms with Crippen molar-refractivity contribution in [1.82, 2.24) is 4.90 Å². The van der Waals surface area contributed by atoms with Crippen molar-refractivity contribution in [2.75, 3.05) is 13.1 Å². The van der Waals surface area contributed by atoms with Gasteiger partial charge in [0.15, 0.2) is 11.9 Å². The van der Waals surface area contributed by atoms with Gasteiger partial charge in [-0.1, -0.05) is 31.2 Å². The van der Waals surface area contributed by atoms with Crippen LogP contribution in [0.25, 0.3) is 11.3 Å².